The van der Waals surface area contributed by atoms with E-state index in [1.807, 2.05) is 40.7 Å². The molecule has 8 heteroatoms. The number of rotatable bonds is 8. The van der Waals surface area contributed by atoms with Gasteiger partial charge in [-0.3, -0.25) is 9.59 Å². The number of anilines is 1. The Labute approximate surface area is 205 Å². The lowest BCUT2D eigenvalue weighted by molar-refractivity contribution is -0.111. The van der Waals surface area contributed by atoms with Crippen molar-refractivity contribution in [2.75, 3.05) is 12.4 Å². The van der Waals surface area contributed by atoms with Gasteiger partial charge < -0.3 is 24.6 Å². The molecule has 2 amide bonds. The van der Waals surface area contributed by atoms with E-state index in [4.69, 9.17) is 14.0 Å². The Hall–Kier alpha value is -4.07. The molecule has 0 saturated carbocycles. The van der Waals surface area contributed by atoms with E-state index in [9.17, 15) is 9.59 Å². The Morgan fingerprint density at radius 2 is 1.77 bits per heavy atom. The van der Waals surface area contributed by atoms with Gasteiger partial charge in [-0.15, -0.1) is 0 Å². The maximum Gasteiger partial charge on any atom is 0.251 e. The third-order valence-electron chi connectivity index (χ3n) is 5.07. The van der Waals surface area contributed by atoms with Crippen LogP contribution in [-0.2, 0) is 11.4 Å². The van der Waals surface area contributed by atoms with Crippen molar-refractivity contribution >= 4 is 23.6 Å². The summed E-state index contributed by atoms with van der Waals surface area (Å²) in [6.45, 7) is 9.77. The molecule has 0 aliphatic carbocycles. The summed E-state index contributed by atoms with van der Waals surface area (Å²) < 4.78 is 16.5. The van der Waals surface area contributed by atoms with Gasteiger partial charge in [0.15, 0.2) is 11.5 Å². The quantitative estimate of drug-likeness (QED) is 0.440. The molecular formula is C27H31N3O5. The van der Waals surface area contributed by atoms with Gasteiger partial charge in [0.2, 0.25) is 5.91 Å². The second-order valence-electron chi connectivity index (χ2n) is 9.11. The number of carbonyl (C=O) groups excluding carboxylic acids is 2. The average molecular weight is 478 g/mol. The molecule has 1 heterocycles. The highest BCUT2D eigenvalue weighted by atomic mass is 16.5. The number of aromatic nitrogens is 1. The molecule has 0 aliphatic heterocycles. The van der Waals surface area contributed by atoms with Gasteiger partial charge in [0.25, 0.3) is 5.91 Å². The molecule has 0 spiro atoms. The zero-order valence-electron chi connectivity index (χ0n) is 20.9. The van der Waals surface area contributed by atoms with Crippen LogP contribution >= 0.6 is 0 Å². The van der Waals surface area contributed by atoms with E-state index in [1.165, 1.54) is 6.08 Å². The van der Waals surface area contributed by atoms with Crippen LogP contribution in [-0.4, -0.2) is 29.6 Å². The zero-order chi connectivity index (χ0) is 25.6. The van der Waals surface area contributed by atoms with E-state index in [0.717, 1.165) is 22.6 Å². The number of hydrogen-bond acceptors (Lipinski definition) is 6. The van der Waals surface area contributed by atoms with Gasteiger partial charge in [0.1, 0.15) is 12.4 Å². The molecule has 35 heavy (non-hydrogen) atoms. The van der Waals surface area contributed by atoms with E-state index < -0.39 is 0 Å². The van der Waals surface area contributed by atoms with E-state index >= 15 is 0 Å². The summed E-state index contributed by atoms with van der Waals surface area (Å²) in [4.78, 5) is 24.6. The van der Waals surface area contributed by atoms with Crippen LogP contribution in [0.1, 0.15) is 53.7 Å². The number of ether oxygens (including phenoxy) is 2. The lowest BCUT2D eigenvalue weighted by Crippen LogP contribution is -2.40. The van der Waals surface area contributed by atoms with Crippen molar-refractivity contribution in [3.05, 3.63) is 76.7 Å². The van der Waals surface area contributed by atoms with E-state index in [-0.39, 0.29) is 17.4 Å². The highest BCUT2D eigenvalue weighted by Gasteiger charge is 2.15. The fourth-order valence-electron chi connectivity index (χ4n) is 3.24. The molecule has 8 nitrogen and oxygen atoms in total. The van der Waals surface area contributed by atoms with Crippen molar-refractivity contribution in [2.45, 2.75) is 46.8 Å². The van der Waals surface area contributed by atoms with Crippen molar-refractivity contribution in [3.63, 3.8) is 0 Å². The van der Waals surface area contributed by atoms with Crippen molar-refractivity contribution < 1.29 is 23.6 Å². The second kappa shape index (κ2) is 10.9. The minimum absolute atomic E-state index is 0.164. The topological polar surface area (TPSA) is 103 Å². The summed E-state index contributed by atoms with van der Waals surface area (Å²) >= 11 is 0. The summed E-state index contributed by atoms with van der Waals surface area (Å²) in [5, 5.41) is 9.62. The van der Waals surface area contributed by atoms with Gasteiger partial charge in [-0.25, -0.2) is 0 Å². The maximum atomic E-state index is 12.4. The minimum Gasteiger partial charge on any atom is -0.493 e. The van der Waals surface area contributed by atoms with Crippen LogP contribution in [0.15, 0.2) is 53.1 Å². The molecule has 2 N–H and O–H groups in total. The first-order valence-electron chi connectivity index (χ1n) is 11.2. The molecule has 2 aromatic carbocycles. The monoisotopic (exact) mass is 477 g/mol. The van der Waals surface area contributed by atoms with Crippen LogP contribution in [0.5, 0.6) is 11.5 Å². The number of nitrogens with one attached hydrogen (secondary N) is 2. The van der Waals surface area contributed by atoms with Crippen molar-refractivity contribution in [1.82, 2.24) is 10.5 Å². The predicted molar refractivity (Wildman–Crippen MR) is 135 cm³/mol. The molecule has 184 valence electrons. The number of methoxy groups -OCH3 is 1. The van der Waals surface area contributed by atoms with Crippen LogP contribution in [0.3, 0.4) is 0 Å². The lowest BCUT2D eigenvalue weighted by Gasteiger charge is -2.20. The maximum absolute atomic E-state index is 12.4. The van der Waals surface area contributed by atoms with Crippen LogP contribution < -0.4 is 20.1 Å². The summed E-state index contributed by atoms with van der Waals surface area (Å²) in [6.07, 6.45) is 3.11. The smallest absolute Gasteiger partial charge is 0.251 e. The fraction of sp³-hybridized carbons (Fsp3) is 0.296. The van der Waals surface area contributed by atoms with Crippen LogP contribution in [0.4, 0.5) is 5.69 Å². The van der Waals surface area contributed by atoms with E-state index in [0.29, 0.717) is 29.4 Å². The summed E-state index contributed by atoms with van der Waals surface area (Å²) in [5.41, 5.74) is 3.25. The molecule has 0 atom stereocenters. The fourth-order valence-corrected chi connectivity index (χ4v) is 3.24. The van der Waals surface area contributed by atoms with Crippen molar-refractivity contribution in [2.24, 2.45) is 0 Å². The minimum atomic E-state index is -0.322. The second-order valence-corrected chi connectivity index (χ2v) is 9.11. The van der Waals surface area contributed by atoms with Gasteiger partial charge in [0, 0.05) is 22.9 Å². The number of nitrogens with zero attached hydrogens (tertiary/aromatic N) is 1. The molecular weight excluding hydrogens is 446 g/mol. The molecule has 0 fully saturated rings. The van der Waals surface area contributed by atoms with Crippen LogP contribution in [0, 0.1) is 13.8 Å². The predicted octanol–water partition coefficient (Wildman–Crippen LogP) is 5.06. The summed E-state index contributed by atoms with van der Waals surface area (Å²) in [6, 6.07) is 12.1. The van der Waals surface area contributed by atoms with Crippen LogP contribution in [0.25, 0.3) is 6.08 Å². The summed E-state index contributed by atoms with van der Waals surface area (Å²) in [7, 11) is 1.56. The normalized spacial score (nSPS) is 11.4. The standard InChI is InChI=1S/C27H31N3O5/c1-17-22(18(2)35-30-17)16-34-23-13-7-19(15-24(23)33-6)8-14-25(31)28-21-11-9-20(10-12-21)26(32)29-27(3,4)5/h7-15H,16H2,1-6H3,(H,28,31)(H,29,32)/b14-8+. The van der Waals surface area contributed by atoms with Gasteiger partial charge in [-0.1, -0.05) is 11.2 Å². The first-order chi connectivity index (χ1) is 16.6. The van der Waals surface area contributed by atoms with Crippen molar-refractivity contribution in [1.29, 1.82) is 0 Å². The van der Waals surface area contributed by atoms with E-state index in [1.54, 1.807) is 49.6 Å². The molecule has 0 aliphatic rings. The van der Waals surface area contributed by atoms with Gasteiger partial charge in [0.05, 0.1) is 18.4 Å². The third-order valence-corrected chi connectivity index (χ3v) is 5.07. The molecule has 0 saturated heterocycles. The average Bonchev–Trinajstić information content (AvgIpc) is 3.13. The Morgan fingerprint density at radius 1 is 1.06 bits per heavy atom. The molecule has 0 unspecified atom stereocenters. The molecule has 1 aromatic heterocycles. The van der Waals surface area contributed by atoms with Crippen LogP contribution in [0.2, 0.25) is 0 Å². The van der Waals surface area contributed by atoms with Gasteiger partial charge >= 0.3 is 0 Å². The number of carbonyl (C=O) groups is 2. The highest BCUT2D eigenvalue weighted by molar-refractivity contribution is 6.02. The Balaban J connectivity index is 1.60. The number of hydrogen-bond donors (Lipinski definition) is 2. The van der Waals surface area contributed by atoms with Crippen molar-refractivity contribution in [3.8, 4) is 11.5 Å². The summed E-state index contributed by atoms with van der Waals surface area (Å²) in [5.74, 6) is 1.38. The number of aryl methyl sites for hydroxylation is 2. The largest absolute Gasteiger partial charge is 0.493 e. The van der Waals surface area contributed by atoms with E-state index in [2.05, 4.69) is 15.8 Å². The van der Waals surface area contributed by atoms with Gasteiger partial charge in [-0.2, -0.15) is 0 Å². The Kier molecular flexibility index (Phi) is 7.96. The molecule has 3 aromatic rings. The number of amides is 2. The zero-order valence-corrected chi connectivity index (χ0v) is 20.9. The molecule has 0 radical (unpaired) electrons. The Morgan fingerprint density at radius 3 is 2.37 bits per heavy atom. The SMILES string of the molecule is COc1cc(/C=C/C(=O)Nc2ccc(C(=O)NC(C)(C)C)cc2)ccc1OCc1c(C)noc1C. The molecule has 3 rings (SSSR count). The molecule has 0 bridgehead atoms. The number of benzene rings is 2. The third kappa shape index (κ3) is 7.20. The first kappa shape index (κ1) is 25.6. The first-order valence-corrected chi connectivity index (χ1v) is 11.2. The lowest BCUT2D eigenvalue weighted by atomic mass is 10.1. The highest BCUT2D eigenvalue weighted by Crippen LogP contribution is 2.30. The Bertz CT molecular complexity index is 1200. The van der Waals surface area contributed by atoms with Gasteiger partial charge in [-0.05, 0) is 82.7 Å².